The predicted molar refractivity (Wildman–Crippen MR) is 90.2 cm³/mol. The van der Waals surface area contributed by atoms with Crippen molar-refractivity contribution in [3.63, 3.8) is 0 Å². The highest BCUT2D eigenvalue weighted by Gasteiger charge is 2.34. The second-order valence-electron chi connectivity index (χ2n) is 6.70. The highest BCUT2D eigenvalue weighted by molar-refractivity contribution is 6.01. The first-order valence-electron chi connectivity index (χ1n) is 8.61. The molecule has 130 valence electrons. The van der Waals surface area contributed by atoms with E-state index in [1.165, 1.54) is 12.1 Å². The molecule has 2 aliphatic rings. The maximum atomic E-state index is 13.4. The first-order valence-corrected chi connectivity index (χ1v) is 8.61. The standard InChI is InChI=1S/C18H24FN3O2/c1-20-7-4-12-5-8-22(9-6-12)18(24)15-11-17(23)21-16-10-13(19)2-3-14(15)16/h2-3,10,12,15,20H,4-9,11H2,1H3,(H,21,23). The Kier molecular flexibility index (Phi) is 5.14. The molecule has 2 aliphatic heterocycles. The fourth-order valence-electron chi connectivity index (χ4n) is 3.67. The number of fused-ring (bicyclic) bond motifs is 1. The average molecular weight is 333 g/mol. The summed E-state index contributed by atoms with van der Waals surface area (Å²) in [5.74, 6) is -0.492. The van der Waals surface area contributed by atoms with Gasteiger partial charge in [0.2, 0.25) is 11.8 Å². The number of piperidine rings is 1. The van der Waals surface area contributed by atoms with Crippen LogP contribution in [-0.2, 0) is 9.59 Å². The second-order valence-corrected chi connectivity index (χ2v) is 6.70. The molecule has 0 aliphatic carbocycles. The maximum Gasteiger partial charge on any atom is 0.230 e. The van der Waals surface area contributed by atoms with Crippen LogP contribution in [0.1, 0.15) is 37.2 Å². The van der Waals surface area contributed by atoms with Crippen LogP contribution in [0, 0.1) is 11.7 Å². The third-order valence-electron chi connectivity index (χ3n) is 5.08. The van der Waals surface area contributed by atoms with Gasteiger partial charge in [-0.15, -0.1) is 0 Å². The van der Waals surface area contributed by atoms with Crippen molar-refractivity contribution in [2.45, 2.75) is 31.6 Å². The van der Waals surface area contributed by atoms with Gasteiger partial charge in [-0.2, -0.15) is 0 Å². The van der Waals surface area contributed by atoms with Crippen molar-refractivity contribution in [2.24, 2.45) is 5.92 Å². The van der Waals surface area contributed by atoms with Crippen LogP contribution < -0.4 is 10.6 Å². The molecule has 1 unspecified atom stereocenters. The van der Waals surface area contributed by atoms with Crippen LogP contribution in [-0.4, -0.2) is 43.4 Å². The normalized spacial score (nSPS) is 21.3. The highest BCUT2D eigenvalue weighted by Crippen LogP contribution is 2.35. The third kappa shape index (κ3) is 3.59. The molecule has 1 fully saturated rings. The van der Waals surface area contributed by atoms with Crippen molar-refractivity contribution in [2.75, 3.05) is 32.0 Å². The number of hydrogen-bond donors (Lipinski definition) is 2. The Balaban J connectivity index is 1.69. The van der Waals surface area contributed by atoms with Gasteiger partial charge in [-0.05, 0) is 56.5 Å². The van der Waals surface area contributed by atoms with Crippen LogP contribution in [0.5, 0.6) is 0 Å². The van der Waals surface area contributed by atoms with E-state index in [1.807, 2.05) is 11.9 Å². The molecule has 1 aromatic rings. The van der Waals surface area contributed by atoms with Gasteiger partial charge in [-0.1, -0.05) is 6.07 Å². The quantitative estimate of drug-likeness (QED) is 0.887. The molecule has 0 radical (unpaired) electrons. The Hall–Kier alpha value is -1.95. The van der Waals surface area contributed by atoms with Gasteiger partial charge in [-0.25, -0.2) is 4.39 Å². The number of rotatable bonds is 4. The molecule has 0 bridgehead atoms. The molecular formula is C18H24FN3O2. The number of nitrogens with one attached hydrogen (secondary N) is 2. The minimum absolute atomic E-state index is 0.00947. The zero-order valence-corrected chi connectivity index (χ0v) is 14.0. The van der Waals surface area contributed by atoms with Gasteiger partial charge in [0.25, 0.3) is 0 Å². The summed E-state index contributed by atoms with van der Waals surface area (Å²) < 4.78 is 13.4. The van der Waals surface area contributed by atoms with Crippen molar-refractivity contribution in [3.05, 3.63) is 29.6 Å². The van der Waals surface area contributed by atoms with Gasteiger partial charge in [0.15, 0.2) is 0 Å². The summed E-state index contributed by atoms with van der Waals surface area (Å²) in [7, 11) is 1.95. The van der Waals surface area contributed by atoms with E-state index in [9.17, 15) is 14.0 Å². The van der Waals surface area contributed by atoms with Crippen LogP contribution in [0.15, 0.2) is 18.2 Å². The second kappa shape index (κ2) is 7.30. The molecule has 24 heavy (non-hydrogen) atoms. The van der Waals surface area contributed by atoms with Gasteiger partial charge in [-0.3, -0.25) is 9.59 Å². The molecule has 3 rings (SSSR count). The van der Waals surface area contributed by atoms with E-state index >= 15 is 0 Å². The lowest BCUT2D eigenvalue weighted by molar-refractivity contribution is -0.136. The molecule has 5 nitrogen and oxygen atoms in total. The maximum absolute atomic E-state index is 13.4. The minimum atomic E-state index is -0.497. The van der Waals surface area contributed by atoms with Gasteiger partial charge >= 0.3 is 0 Å². The number of halogens is 1. The van der Waals surface area contributed by atoms with Crippen LogP contribution >= 0.6 is 0 Å². The van der Waals surface area contributed by atoms with Crippen LogP contribution in [0.3, 0.4) is 0 Å². The van der Waals surface area contributed by atoms with E-state index < -0.39 is 11.7 Å². The van der Waals surface area contributed by atoms with Gasteiger partial charge in [0.1, 0.15) is 5.82 Å². The average Bonchev–Trinajstić information content (AvgIpc) is 2.58. The fourth-order valence-corrected chi connectivity index (χ4v) is 3.67. The van der Waals surface area contributed by atoms with Crippen molar-refractivity contribution in [3.8, 4) is 0 Å². The van der Waals surface area contributed by atoms with E-state index in [4.69, 9.17) is 0 Å². The van der Waals surface area contributed by atoms with E-state index in [2.05, 4.69) is 10.6 Å². The SMILES string of the molecule is CNCCC1CCN(C(=O)C2CC(=O)Nc3cc(F)ccc32)CC1. The predicted octanol–water partition coefficient (Wildman–Crippen LogP) is 2.10. The molecule has 2 N–H and O–H groups in total. The monoisotopic (exact) mass is 333 g/mol. The summed E-state index contributed by atoms with van der Waals surface area (Å²) in [6.45, 7) is 2.48. The van der Waals surface area contributed by atoms with Crippen molar-refractivity contribution >= 4 is 17.5 Å². The number of carbonyl (C=O) groups is 2. The number of carbonyl (C=O) groups excluding carboxylic acids is 2. The summed E-state index contributed by atoms with van der Waals surface area (Å²) in [5, 5.41) is 5.83. The number of likely N-dealkylation sites (tertiary alicyclic amines) is 1. The topological polar surface area (TPSA) is 61.4 Å². The zero-order chi connectivity index (χ0) is 17.1. The summed E-state index contributed by atoms with van der Waals surface area (Å²) in [5.41, 5.74) is 1.15. The van der Waals surface area contributed by atoms with Crippen LogP contribution in [0.2, 0.25) is 0 Å². The summed E-state index contributed by atoms with van der Waals surface area (Å²) >= 11 is 0. The molecule has 2 heterocycles. The Morgan fingerprint density at radius 3 is 2.83 bits per heavy atom. The summed E-state index contributed by atoms with van der Waals surface area (Å²) in [6.07, 6.45) is 3.27. The lowest BCUT2D eigenvalue weighted by Gasteiger charge is -2.35. The molecule has 1 aromatic carbocycles. The van der Waals surface area contributed by atoms with Crippen LogP contribution in [0.4, 0.5) is 10.1 Å². The molecule has 0 aromatic heterocycles. The van der Waals surface area contributed by atoms with Crippen molar-refractivity contribution in [1.82, 2.24) is 10.2 Å². The number of anilines is 1. The van der Waals surface area contributed by atoms with Crippen molar-refractivity contribution < 1.29 is 14.0 Å². The van der Waals surface area contributed by atoms with Crippen molar-refractivity contribution in [1.29, 1.82) is 0 Å². The molecule has 1 atom stereocenters. The number of benzene rings is 1. The Labute approximate surface area is 141 Å². The fraction of sp³-hybridized carbons (Fsp3) is 0.556. The third-order valence-corrected chi connectivity index (χ3v) is 5.08. The first kappa shape index (κ1) is 16.9. The summed E-state index contributed by atoms with van der Waals surface area (Å²) in [4.78, 5) is 26.7. The molecule has 2 amide bonds. The largest absolute Gasteiger partial charge is 0.342 e. The van der Waals surface area contributed by atoms with E-state index in [-0.39, 0.29) is 18.2 Å². The van der Waals surface area contributed by atoms with Crippen LogP contribution in [0.25, 0.3) is 0 Å². The van der Waals surface area contributed by atoms with E-state index in [1.54, 1.807) is 6.07 Å². The van der Waals surface area contributed by atoms with Gasteiger partial charge in [0.05, 0.1) is 5.92 Å². The molecule has 0 saturated carbocycles. The molecule has 0 spiro atoms. The number of hydrogen-bond acceptors (Lipinski definition) is 3. The number of amides is 2. The Morgan fingerprint density at radius 1 is 1.38 bits per heavy atom. The Bertz CT molecular complexity index is 627. The highest BCUT2D eigenvalue weighted by atomic mass is 19.1. The van der Waals surface area contributed by atoms with Gasteiger partial charge in [0, 0.05) is 25.2 Å². The lowest BCUT2D eigenvalue weighted by atomic mass is 9.87. The number of nitrogens with zero attached hydrogens (tertiary/aromatic N) is 1. The lowest BCUT2D eigenvalue weighted by Crippen LogP contribution is -2.43. The van der Waals surface area contributed by atoms with Gasteiger partial charge < -0.3 is 15.5 Å². The van der Waals surface area contributed by atoms with E-state index in [0.717, 1.165) is 44.5 Å². The van der Waals surface area contributed by atoms with E-state index in [0.29, 0.717) is 11.6 Å². The molecular weight excluding hydrogens is 309 g/mol. The smallest absolute Gasteiger partial charge is 0.230 e. The zero-order valence-electron chi connectivity index (χ0n) is 14.0. The molecule has 6 heteroatoms. The molecule has 1 saturated heterocycles. The summed E-state index contributed by atoms with van der Waals surface area (Å²) in [6, 6.07) is 4.25. The minimum Gasteiger partial charge on any atom is -0.342 e. The first-order chi connectivity index (χ1) is 11.6. The Morgan fingerprint density at radius 2 is 2.12 bits per heavy atom.